The minimum Gasteiger partial charge on any atom is -0.367 e. The van der Waals surface area contributed by atoms with Crippen LogP contribution >= 0.6 is 23.4 Å². The van der Waals surface area contributed by atoms with Crippen molar-refractivity contribution in [1.82, 2.24) is 9.55 Å². The van der Waals surface area contributed by atoms with Crippen LogP contribution in [0.4, 0.5) is 8.78 Å². The number of allylic oxidation sites excluding steroid dienone is 1. The molecule has 2 aromatic carbocycles. The van der Waals surface area contributed by atoms with Gasteiger partial charge in [-0.15, -0.1) is 18.3 Å². The number of halogens is 3. The highest BCUT2D eigenvalue weighted by Crippen LogP contribution is 2.57. The Morgan fingerprint density at radius 3 is 2.90 bits per heavy atom. The van der Waals surface area contributed by atoms with Gasteiger partial charge in [0.2, 0.25) is 0 Å². The zero-order valence-corrected chi connectivity index (χ0v) is 17.1. The number of hydrogen-bond acceptors (Lipinski definition) is 3. The number of ether oxygens (including phenoxy) is 1. The Labute approximate surface area is 177 Å². The van der Waals surface area contributed by atoms with Crippen LogP contribution in [0.2, 0.25) is 5.02 Å². The first-order valence-electron chi connectivity index (χ1n) is 9.12. The van der Waals surface area contributed by atoms with Crippen LogP contribution in [-0.4, -0.2) is 14.3 Å². The summed E-state index contributed by atoms with van der Waals surface area (Å²) in [7, 11) is 0. The van der Waals surface area contributed by atoms with Crippen molar-refractivity contribution in [2.75, 3.05) is 0 Å². The molecule has 1 aliphatic heterocycles. The lowest BCUT2D eigenvalue weighted by Crippen LogP contribution is -2.35. The Bertz CT molecular complexity index is 1010. The molecule has 0 amide bonds. The fraction of sp³-hybridized carbons (Fsp3) is 0.227. The van der Waals surface area contributed by atoms with E-state index in [0.29, 0.717) is 23.6 Å². The zero-order valence-electron chi connectivity index (χ0n) is 15.5. The highest BCUT2D eigenvalue weighted by atomic mass is 35.5. The van der Waals surface area contributed by atoms with E-state index >= 15 is 0 Å². The molecule has 3 nitrogen and oxygen atoms in total. The first-order valence-corrected chi connectivity index (χ1v) is 10.3. The van der Waals surface area contributed by atoms with E-state index in [2.05, 4.69) is 11.6 Å². The Morgan fingerprint density at radius 1 is 1.31 bits per heavy atom. The van der Waals surface area contributed by atoms with Crippen LogP contribution in [0, 0.1) is 11.6 Å². The van der Waals surface area contributed by atoms with Gasteiger partial charge in [-0.3, -0.25) is 0 Å². The number of aromatic nitrogens is 2. The smallest absolute Gasteiger partial charge is 0.130 e. The molecule has 2 heterocycles. The van der Waals surface area contributed by atoms with Crippen LogP contribution in [0.15, 0.2) is 72.7 Å². The quantitative estimate of drug-likeness (QED) is 0.416. The summed E-state index contributed by atoms with van der Waals surface area (Å²) in [5.74, 6) is -0.759. The predicted octanol–water partition coefficient (Wildman–Crippen LogP) is 6.19. The summed E-state index contributed by atoms with van der Waals surface area (Å²) in [6.07, 6.45) is 7.29. The minimum absolute atomic E-state index is 0.0183. The van der Waals surface area contributed by atoms with Crippen molar-refractivity contribution in [3.8, 4) is 0 Å². The van der Waals surface area contributed by atoms with Gasteiger partial charge in [0.05, 0.1) is 17.7 Å². The molecular formula is C22H19ClF2N2OS. The monoisotopic (exact) mass is 432 g/mol. The number of thioether (sulfide) groups is 1. The topological polar surface area (TPSA) is 27.1 Å². The molecule has 0 N–H and O–H groups in total. The number of rotatable bonds is 7. The average Bonchev–Trinajstić information content (AvgIpc) is 3.28. The van der Waals surface area contributed by atoms with Crippen LogP contribution in [0.5, 0.6) is 0 Å². The lowest BCUT2D eigenvalue weighted by molar-refractivity contribution is 0.00850. The second kappa shape index (κ2) is 8.30. The summed E-state index contributed by atoms with van der Waals surface area (Å²) in [5, 5.41) is 0.305. The highest BCUT2D eigenvalue weighted by molar-refractivity contribution is 8.01. The molecule has 3 aromatic rings. The molecule has 1 aromatic heterocycles. The van der Waals surface area contributed by atoms with Gasteiger partial charge < -0.3 is 9.30 Å². The molecule has 0 saturated carbocycles. The van der Waals surface area contributed by atoms with E-state index in [1.54, 1.807) is 42.5 Å². The van der Waals surface area contributed by atoms with Gasteiger partial charge in [0, 0.05) is 34.4 Å². The first kappa shape index (κ1) is 20.1. The molecule has 29 heavy (non-hydrogen) atoms. The van der Waals surface area contributed by atoms with Gasteiger partial charge in [0.1, 0.15) is 17.7 Å². The van der Waals surface area contributed by atoms with Crippen molar-refractivity contribution in [3.63, 3.8) is 0 Å². The molecule has 0 spiro atoms. The molecular weight excluding hydrogens is 414 g/mol. The normalized spacial score (nSPS) is 20.6. The molecule has 1 aliphatic rings. The van der Waals surface area contributed by atoms with E-state index in [0.717, 1.165) is 10.5 Å². The van der Waals surface area contributed by atoms with Crippen LogP contribution in [0.3, 0.4) is 0 Å². The lowest BCUT2D eigenvalue weighted by Gasteiger charge is -2.34. The third-order valence-corrected chi connectivity index (χ3v) is 6.86. The summed E-state index contributed by atoms with van der Waals surface area (Å²) >= 11 is 7.80. The predicted molar refractivity (Wildman–Crippen MR) is 111 cm³/mol. The Balaban J connectivity index is 1.72. The maximum atomic E-state index is 14.3. The van der Waals surface area contributed by atoms with E-state index in [4.69, 9.17) is 16.3 Å². The van der Waals surface area contributed by atoms with Gasteiger partial charge in [-0.25, -0.2) is 13.8 Å². The van der Waals surface area contributed by atoms with E-state index in [9.17, 15) is 8.78 Å². The van der Waals surface area contributed by atoms with Crippen molar-refractivity contribution >= 4 is 23.4 Å². The van der Waals surface area contributed by atoms with Crippen LogP contribution in [0.25, 0.3) is 0 Å². The maximum Gasteiger partial charge on any atom is 0.130 e. The number of nitrogens with zero attached hydrogens (tertiary/aromatic N) is 2. The fourth-order valence-corrected chi connectivity index (χ4v) is 5.51. The third-order valence-electron chi connectivity index (χ3n) is 5.00. The van der Waals surface area contributed by atoms with E-state index in [-0.39, 0.29) is 12.4 Å². The van der Waals surface area contributed by atoms with Gasteiger partial charge >= 0.3 is 0 Å². The van der Waals surface area contributed by atoms with Crippen LogP contribution in [0.1, 0.15) is 23.7 Å². The summed E-state index contributed by atoms with van der Waals surface area (Å²) in [4.78, 5) is 5.06. The second-order valence-corrected chi connectivity index (χ2v) is 8.83. The molecule has 150 valence electrons. The van der Waals surface area contributed by atoms with Crippen molar-refractivity contribution in [3.05, 3.63) is 95.6 Å². The Kier molecular flexibility index (Phi) is 5.76. The summed E-state index contributed by atoms with van der Waals surface area (Å²) in [6.45, 7) is 4.47. The molecule has 7 heteroatoms. The van der Waals surface area contributed by atoms with Gasteiger partial charge in [-0.05, 0) is 42.3 Å². The van der Waals surface area contributed by atoms with Gasteiger partial charge in [-0.1, -0.05) is 23.7 Å². The van der Waals surface area contributed by atoms with E-state index < -0.39 is 16.7 Å². The van der Waals surface area contributed by atoms with Gasteiger partial charge in [0.15, 0.2) is 0 Å². The number of benzene rings is 2. The molecule has 4 rings (SSSR count). The minimum atomic E-state index is -0.478. The lowest BCUT2D eigenvalue weighted by atomic mass is 9.91. The Morgan fingerprint density at radius 2 is 2.17 bits per heavy atom. The molecule has 0 unspecified atom stereocenters. The van der Waals surface area contributed by atoms with Crippen molar-refractivity contribution in [2.45, 2.75) is 35.3 Å². The SMILES string of the molecule is C=CC[C@@]1(Cn2ccnc2)Sc2ccc(F)cc2[C@@H]1OCc1c(F)cccc1Cl. The van der Waals surface area contributed by atoms with E-state index in [1.165, 1.54) is 18.2 Å². The van der Waals surface area contributed by atoms with Crippen LogP contribution in [-0.2, 0) is 17.9 Å². The number of fused-ring (bicyclic) bond motifs is 1. The summed E-state index contributed by atoms with van der Waals surface area (Å²) in [5.41, 5.74) is 1.04. The van der Waals surface area contributed by atoms with Crippen molar-refractivity contribution in [2.24, 2.45) is 0 Å². The zero-order chi connectivity index (χ0) is 20.4. The first-order chi connectivity index (χ1) is 14.0. The standard InChI is InChI=1S/C22H19ClF2N2OS/c1-2-8-22(13-27-10-9-26-14-27)21(16-11-15(24)6-7-20(16)29-22)28-12-17-18(23)4-3-5-19(17)25/h2-7,9-11,14,21H,1,8,12-13H2/t21-,22-/m0/s1. The van der Waals surface area contributed by atoms with Gasteiger partial charge in [0.25, 0.3) is 0 Å². The van der Waals surface area contributed by atoms with Gasteiger partial charge in [-0.2, -0.15) is 0 Å². The largest absolute Gasteiger partial charge is 0.367 e. The molecule has 0 saturated heterocycles. The highest BCUT2D eigenvalue weighted by Gasteiger charge is 2.48. The molecule has 0 radical (unpaired) electrons. The molecule has 2 atom stereocenters. The van der Waals surface area contributed by atoms with Crippen LogP contribution < -0.4 is 0 Å². The van der Waals surface area contributed by atoms with Crippen molar-refractivity contribution in [1.29, 1.82) is 0 Å². The molecule has 0 aliphatic carbocycles. The molecule has 0 fully saturated rings. The maximum absolute atomic E-state index is 14.3. The third kappa shape index (κ3) is 3.97. The number of hydrogen-bond donors (Lipinski definition) is 0. The number of imidazole rings is 1. The average molecular weight is 433 g/mol. The molecule has 0 bridgehead atoms. The summed E-state index contributed by atoms with van der Waals surface area (Å²) in [6, 6.07) is 9.23. The Hall–Kier alpha value is -2.15. The van der Waals surface area contributed by atoms with Crippen molar-refractivity contribution < 1.29 is 13.5 Å². The summed E-state index contributed by atoms with van der Waals surface area (Å²) < 4.78 is 36.1. The second-order valence-electron chi connectivity index (χ2n) is 6.97. The van der Waals surface area contributed by atoms with E-state index in [1.807, 2.05) is 16.8 Å². The fourth-order valence-electron chi connectivity index (χ4n) is 3.71.